The summed E-state index contributed by atoms with van der Waals surface area (Å²) in [5.41, 5.74) is 8.46. The van der Waals surface area contributed by atoms with Gasteiger partial charge >= 0.3 is 0 Å². The van der Waals surface area contributed by atoms with Crippen molar-refractivity contribution in [2.75, 3.05) is 63.1 Å². The second kappa shape index (κ2) is 10.1. The second-order valence-electron chi connectivity index (χ2n) is 9.40. The van der Waals surface area contributed by atoms with Crippen molar-refractivity contribution in [1.29, 1.82) is 0 Å². The quantitative estimate of drug-likeness (QED) is 0.501. The van der Waals surface area contributed by atoms with Gasteiger partial charge in [-0.2, -0.15) is 4.31 Å². The summed E-state index contributed by atoms with van der Waals surface area (Å²) >= 11 is 1.72. The number of nitrogen functional groups attached to an aromatic ring is 1. The number of morpholine rings is 1. The number of fused-ring (bicyclic) bond motifs is 1. The van der Waals surface area contributed by atoms with Crippen LogP contribution in [0, 0.1) is 6.92 Å². The van der Waals surface area contributed by atoms with Crippen molar-refractivity contribution < 1.29 is 13.2 Å². The lowest BCUT2D eigenvalue weighted by Crippen LogP contribution is -2.49. The average Bonchev–Trinajstić information content (AvgIpc) is 3.19. The lowest BCUT2D eigenvalue weighted by atomic mass is 10.2. The topological polar surface area (TPSA) is 131 Å². The molecule has 0 radical (unpaired) electrons. The van der Waals surface area contributed by atoms with E-state index in [1.807, 2.05) is 0 Å². The predicted octanol–water partition coefficient (Wildman–Crippen LogP) is 1.73. The Kier molecular flexibility index (Phi) is 7.10. The van der Waals surface area contributed by atoms with Crippen LogP contribution in [0.15, 0.2) is 12.4 Å². The summed E-state index contributed by atoms with van der Waals surface area (Å²) < 4.78 is 33.3. The Morgan fingerprint density at radius 1 is 1.06 bits per heavy atom. The van der Waals surface area contributed by atoms with E-state index in [0.717, 1.165) is 46.8 Å². The molecule has 0 aliphatic carbocycles. The molecule has 0 bridgehead atoms. The van der Waals surface area contributed by atoms with Crippen LogP contribution >= 0.6 is 11.3 Å². The number of sulfonamides is 1. The third-order valence-electron chi connectivity index (χ3n) is 6.74. The average molecular weight is 533 g/mol. The van der Waals surface area contributed by atoms with Crippen molar-refractivity contribution in [2.24, 2.45) is 0 Å². The molecule has 0 amide bonds. The Morgan fingerprint density at radius 2 is 1.72 bits per heavy atom. The monoisotopic (exact) mass is 532 g/mol. The molecular formula is C23H32N8O3S2. The van der Waals surface area contributed by atoms with Gasteiger partial charge < -0.3 is 15.4 Å². The standard InChI is InChI=1S/C23H32N8O3S2/c1-15(2)36(32,33)31-6-4-29(5-7-31)14-18-16(3)19-20(35-18)22(30-8-10-34-11-9-30)28-21(27-19)17-12-25-23(24)26-13-17/h12-13,15H,4-11,14H2,1-3H3,(H2,24,25,26). The van der Waals surface area contributed by atoms with Crippen molar-refractivity contribution in [1.82, 2.24) is 29.1 Å². The summed E-state index contributed by atoms with van der Waals surface area (Å²) in [4.78, 5) is 23.9. The van der Waals surface area contributed by atoms with Gasteiger partial charge in [-0.25, -0.2) is 28.4 Å². The molecule has 2 aliphatic rings. The normalized spacial score (nSPS) is 18.4. The van der Waals surface area contributed by atoms with E-state index in [9.17, 15) is 8.42 Å². The molecule has 194 valence electrons. The first-order valence-electron chi connectivity index (χ1n) is 12.2. The number of nitrogens with zero attached hydrogens (tertiary/aromatic N) is 7. The summed E-state index contributed by atoms with van der Waals surface area (Å²) in [6.07, 6.45) is 3.31. The molecule has 2 saturated heterocycles. The molecule has 5 heterocycles. The van der Waals surface area contributed by atoms with Crippen LogP contribution < -0.4 is 10.6 Å². The van der Waals surface area contributed by atoms with Crippen LogP contribution in [0.3, 0.4) is 0 Å². The number of piperazine rings is 1. The Morgan fingerprint density at radius 3 is 2.36 bits per heavy atom. The zero-order valence-electron chi connectivity index (χ0n) is 20.8. The van der Waals surface area contributed by atoms with Crippen LogP contribution in [0.25, 0.3) is 21.6 Å². The molecule has 3 aromatic rings. The van der Waals surface area contributed by atoms with Gasteiger partial charge in [-0.05, 0) is 26.3 Å². The first kappa shape index (κ1) is 25.2. The number of aryl methyl sites for hydroxylation is 1. The molecule has 0 atom stereocenters. The van der Waals surface area contributed by atoms with E-state index >= 15 is 0 Å². The maximum Gasteiger partial charge on any atom is 0.219 e. The van der Waals surface area contributed by atoms with E-state index < -0.39 is 15.3 Å². The van der Waals surface area contributed by atoms with Gasteiger partial charge in [-0.15, -0.1) is 11.3 Å². The van der Waals surface area contributed by atoms with Crippen LogP contribution in [0.1, 0.15) is 24.3 Å². The smallest absolute Gasteiger partial charge is 0.219 e. The minimum atomic E-state index is -3.22. The van der Waals surface area contributed by atoms with Crippen LogP contribution in [0.5, 0.6) is 0 Å². The lowest BCUT2D eigenvalue weighted by molar-refractivity contribution is 0.122. The first-order valence-corrected chi connectivity index (χ1v) is 14.5. The Hall–Kier alpha value is -2.45. The molecule has 0 unspecified atom stereocenters. The number of rotatable bonds is 6. The third-order valence-corrected chi connectivity index (χ3v) is 10.3. The van der Waals surface area contributed by atoms with Crippen LogP contribution in [0.2, 0.25) is 0 Å². The molecule has 5 rings (SSSR count). The minimum absolute atomic E-state index is 0.212. The van der Waals surface area contributed by atoms with Crippen molar-refractivity contribution >= 4 is 43.3 Å². The number of hydrogen-bond acceptors (Lipinski definition) is 11. The SMILES string of the molecule is Cc1c(CN2CCN(S(=O)(=O)C(C)C)CC2)sc2c(N3CCOCC3)nc(-c3cnc(N)nc3)nc12. The summed E-state index contributed by atoms with van der Waals surface area (Å²) in [6.45, 7) is 11.6. The third kappa shape index (κ3) is 4.90. The molecule has 11 nitrogen and oxygen atoms in total. The molecule has 0 aromatic carbocycles. The van der Waals surface area contributed by atoms with Crippen LogP contribution in [-0.4, -0.2) is 95.3 Å². The second-order valence-corrected chi connectivity index (χ2v) is 13.0. The van der Waals surface area contributed by atoms with Crippen molar-refractivity contribution in [3.8, 4) is 11.4 Å². The van der Waals surface area contributed by atoms with Gasteiger partial charge in [0.25, 0.3) is 0 Å². The molecule has 2 N–H and O–H groups in total. The van der Waals surface area contributed by atoms with Gasteiger partial charge in [0.1, 0.15) is 0 Å². The molecule has 3 aromatic heterocycles. The first-order chi connectivity index (χ1) is 17.2. The molecule has 13 heteroatoms. The van der Waals surface area contributed by atoms with Crippen molar-refractivity contribution in [2.45, 2.75) is 32.6 Å². The Labute approximate surface area is 215 Å². The molecular weight excluding hydrogens is 500 g/mol. The maximum atomic E-state index is 12.5. The summed E-state index contributed by atoms with van der Waals surface area (Å²) in [6, 6.07) is 0. The van der Waals surface area contributed by atoms with Gasteiger partial charge in [0.2, 0.25) is 16.0 Å². The highest BCUT2D eigenvalue weighted by Crippen LogP contribution is 2.38. The van der Waals surface area contributed by atoms with Crippen molar-refractivity contribution in [3.63, 3.8) is 0 Å². The van der Waals surface area contributed by atoms with Crippen LogP contribution in [-0.2, 0) is 21.3 Å². The Balaban J connectivity index is 1.45. The summed E-state index contributed by atoms with van der Waals surface area (Å²) in [7, 11) is -3.22. The highest BCUT2D eigenvalue weighted by Gasteiger charge is 2.30. The molecule has 0 saturated carbocycles. The number of thiophene rings is 1. The van der Waals surface area contributed by atoms with Gasteiger partial charge in [0.15, 0.2) is 11.6 Å². The Bertz CT molecular complexity index is 1330. The zero-order valence-corrected chi connectivity index (χ0v) is 22.5. The number of nitrogens with two attached hydrogens (primary N) is 1. The molecule has 2 aliphatic heterocycles. The van der Waals surface area contributed by atoms with Gasteiger partial charge in [-0.1, -0.05) is 0 Å². The number of hydrogen-bond donors (Lipinski definition) is 1. The predicted molar refractivity (Wildman–Crippen MR) is 142 cm³/mol. The lowest BCUT2D eigenvalue weighted by Gasteiger charge is -2.34. The van der Waals surface area contributed by atoms with Gasteiger partial charge in [-0.3, -0.25) is 4.90 Å². The summed E-state index contributed by atoms with van der Waals surface area (Å²) in [5, 5.41) is -0.397. The number of aromatic nitrogens is 4. The fourth-order valence-corrected chi connectivity index (χ4v) is 7.06. The van der Waals surface area contributed by atoms with Crippen molar-refractivity contribution in [3.05, 3.63) is 22.8 Å². The largest absolute Gasteiger partial charge is 0.378 e. The maximum absolute atomic E-state index is 12.5. The molecule has 2 fully saturated rings. The zero-order chi connectivity index (χ0) is 25.4. The number of ether oxygens (including phenoxy) is 1. The molecule has 36 heavy (non-hydrogen) atoms. The minimum Gasteiger partial charge on any atom is -0.378 e. The van der Waals surface area contributed by atoms with E-state index in [-0.39, 0.29) is 5.95 Å². The fraction of sp³-hybridized carbons (Fsp3) is 0.565. The molecule has 0 spiro atoms. The summed E-state index contributed by atoms with van der Waals surface area (Å²) in [5.74, 6) is 1.69. The van der Waals surface area contributed by atoms with E-state index in [1.165, 1.54) is 4.88 Å². The van der Waals surface area contributed by atoms with Gasteiger partial charge in [0.05, 0.1) is 34.2 Å². The number of anilines is 2. The van der Waals surface area contributed by atoms with E-state index in [4.69, 9.17) is 20.4 Å². The van der Waals surface area contributed by atoms with E-state index in [2.05, 4.69) is 26.7 Å². The van der Waals surface area contributed by atoms with E-state index in [1.54, 1.807) is 41.9 Å². The van der Waals surface area contributed by atoms with Crippen LogP contribution in [0.4, 0.5) is 11.8 Å². The van der Waals surface area contributed by atoms with Gasteiger partial charge in [0, 0.05) is 63.1 Å². The highest BCUT2D eigenvalue weighted by atomic mass is 32.2. The highest BCUT2D eigenvalue weighted by molar-refractivity contribution is 7.89. The fourth-order valence-electron chi connectivity index (χ4n) is 4.48. The van der Waals surface area contributed by atoms with E-state index in [0.29, 0.717) is 45.2 Å².